The smallest absolute Gasteiger partial charge is 0.240 e. The van der Waals surface area contributed by atoms with Crippen LogP contribution in [0.3, 0.4) is 0 Å². The summed E-state index contributed by atoms with van der Waals surface area (Å²) in [5, 5.41) is 0. The van der Waals surface area contributed by atoms with Gasteiger partial charge in [0.1, 0.15) is 0 Å². The molecule has 84 valence electrons. The van der Waals surface area contributed by atoms with Crippen molar-refractivity contribution in [2.75, 3.05) is 6.54 Å². The van der Waals surface area contributed by atoms with Crippen molar-refractivity contribution in [3.63, 3.8) is 0 Å². The van der Waals surface area contributed by atoms with Gasteiger partial charge < -0.3 is 5.73 Å². The summed E-state index contributed by atoms with van der Waals surface area (Å²) in [6.07, 6.45) is 0.778. The van der Waals surface area contributed by atoms with Gasteiger partial charge in [-0.2, -0.15) is 0 Å². The Labute approximate surface area is 90.5 Å². The molecule has 0 fully saturated rings. The van der Waals surface area contributed by atoms with E-state index in [0.717, 1.165) is 12.0 Å². The van der Waals surface area contributed by atoms with E-state index < -0.39 is 10.0 Å². The van der Waals surface area contributed by atoms with Crippen LogP contribution in [-0.2, 0) is 16.6 Å². The van der Waals surface area contributed by atoms with Crippen LogP contribution in [0.1, 0.15) is 18.9 Å². The van der Waals surface area contributed by atoms with Gasteiger partial charge in [-0.3, -0.25) is 0 Å². The number of sulfonamides is 1. The monoisotopic (exact) mass is 228 g/mol. The van der Waals surface area contributed by atoms with Gasteiger partial charge in [0, 0.05) is 13.1 Å². The second-order valence-electron chi connectivity index (χ2n) is 3.25. The number of benzene rings is 1. The summed E-state index contributed by atoms with van der Waals surface area (Å²) in [4.78, 5) is 0.285. The second-order valence-corrected chi connectivity index (χ2v) is 5.01. The van der Waals surface area contributed by atoms with Crippen LogP contribution in [0.15, 0.2) is 29.2 Å². The molecule has 0 unspecified atom stereocenters. The van der Waals surface area contributed by atoms with Crippen molar-refractivity contribution in [2.45, 2.75) is 24.8 Å². The van der Waals surface area contributed by atoms with E-state index in [9.17, 15) is 8.42 Å². The van der Waals surface area contributed by atoms with E-state index in [1.54, 1.807) is 24.3 Å². The fraction of sp³-hybridized carbons (Fsp3) is 0.400. The molecule has 0 saturated heterocycles. The van der Waals surface area contributed by atoms with Crippen molar-refractivity contribution >= 4 is 10.0 Å². The van der Waals surface area contributed by atoms with Gasteiger partial charge in [0.05, 0.1) is 4.90 Å². The molecule has 1 aromatic rings. The van der Waals surface area contributed by atoms with Gasteiger partial charge >= 0.3 is 0 Å². The first-order chi connectivity index (χ1) is 7.10. The molecule has 0 aliphatic heterocycles. The Morgan fingerprint density at radius 3 is 2.33 bits per heavy atom. The predicted molar refractivity (Wildman–Crippen MR) is 59.8 cm³/mol. The van der Waals surface area contributed by atoms with Gasteiger partial charge in [-0.25, -0.2) is 13.1 Å². The molecular weight excluding hydrogens is 212 g/mol. The number of rotatable bonds is 5. The molecule has 0 spiro atoms. The topological polar surface area (TPSA) is 72.2 Å². The summed E-state index contributed by atoms with van der Waals surface area (Å²) in [6, 6.07) is 6.58. The maximum Gasteiger partial charge on any atom is 0.240 e. The summed E-state index contributed by atoms with van der Waals surface area (Å²) >= 11 is 0. The third-order valence-electron chi connectivity index (χ3n) is 2.01. The van der Waals surface area contributed by atoms with Crippen LogP contribution in [0, 0.1) is 0 Å². The Morgan fingerprint density at radius 2 is 1.87 bits per heavy atom. The fourth-order valence-electron chi connectivity index (χ4n) is 1.12. The molecule has 1 rings (SSSR count). The van der Waals surface area contributed by atoms with Crippen LogP contribution < -0.4 is 10.5 Å². The molecule has 1 aromatic carbocycles. The highest BCUT2D eigenvalue weighted by atomic mass is 32.2. The fourth-order valence-corrected chi connectivity index (χ4v) is 2.26. The van der Waals surface area contributed by atoms with Crippen molar-refractivity contribution < 1.29 is 8.42 Å². The number of nitrogens with one attached hydrogen (secondary N) is 1. The lowest BCUT2D eigenvalue weighted by Gasteiger charge is -2.05. The highest BCUT2D eigenvalue weighted by molar-refractivity contribution is 7.89. The lowest BCUT2D eigenvalue weighted by atomic mass is 10.2. The molecule has 0 saturated carbocycles. The van der Waals surface area contributed by atoms with E-state index in [4.69, 9.17) is 5.73 Å². The Hall–Kier alpha value is -0.910. The third-order valence-corrected chi connectivity index (χ3v) is 3.49. The van der Waals surface area contributed by atoms with E-state index in [0.29, 0.717) is 13.1 Å². The average molecular weight is 228 g/mol. The van der Waals surface area contributed by atoms with Gasteiger partial charge in [-0.05, 0) is 24.1 Å². The Bertz CT molecular complexity index is 398. The van der Waals surface area contributed by atoms with Crippen LogP contribution in [0.2, 0.25) is 0 Å². The maximum absolute atomic E-state index is 11.6. The summed E-state index contributed by atoms with van der Waals surface area (Å²) in [5.74, 6) is 0. The molecule has 5 heteroatoms. The van der Waals surface area contributed by atoms with Gasteiger partial charge in [-0.15, -0.1) is 0 Å². The van der Waals surface area contributed by atoms with Crippen molar-refractivity contribution in [3.8, 4) is 0 Å². The van der Waals surface area contributed by atoms with E-state index in [1.807, 2.05) is 6.92 Å². The quantitative estimate of drug-likeness (QED) is 0.784. The van der Waals surface area contributed by atoms with Crippen LogP contribution in [0.4, 0.5) is 0 Å². The Morgan fingerprint density at radius 1 is 1.27 bits per heavy atom. The number of nitrogens with two attached hydrogens (primary N) is 1. The first-order valence-corrected chi connectivity index (χ1v) is 6.37. The first-order valence-electron chi connectivity index (χ1n) is 4.89. The minimum Gasteiger partial charge on any atom is -0.326 e. The molecule has 0 heterocycles. The Kier molecular flexibility index (Phi) is 4.26. The molecule has 0 amide bonds. The van der Waals surface area contributed by atoms with E-state index in [2.05, 4.69) is 4.72 Å². The van der Waals surface area contributed by atoms with Gasteiger partial charge in [0.2, 0.25) is 10.0 Å². The first kappa shape index (κ1) is 12.2. The lowest BCUT2D eigenvalue weighted by Crippen LogP contribution is -2.24. The van der Waals surface area contributed by atoms with Crippen LogP contribution in [-0.4, -0.2) is 15.0 Å². The maximum atomic E-state index is 11.6. The summed E-state index contributed by atoms with van der Waals surface area (Å²) in [5.41, 5.74) is 6.34. The second kappa shape index (κ2) is 5.25. The normalized spacial score (nSPS) is 11.6. The average Bonchev–Trinajstić information content (AvgIpc) is 2.26. The van der Waals surface area contributed by atoms with Crippen LogP contribution in [0.5, 0.6) is 0 Å². The van der Waals surface area contributed by atoms with Gasteiger partial charge in [-0.1, -0.05) is 19.1 Å². The molecule has 0 bridgehead atoms. The minimum atomic E-state index is -3.34. The SMILES string of the molecule is CCCNS(=O)(=O)c1ccc(CN)cc1. The molecule has 0 aromatic heterocycles. The molecule has 15 heavy (non-hydrogen) atoms. The minimum absolute atomic E-state index is 0.285. The van der Waals surface area contributed by atoms with E-state index in [1.165, 1.54) is 0 Å². The standard InChI is InChI=1S/C10H16N2O2S/c1-2-7-12-15(13,14)10-5-3-9(8-11)4-6-10/h3-6,12H,2,7-8,11H2,1H3. The summed E-state index contributed by atoms with van der Waals surface area (Å²) in [7, 11) is -3.34. The summed E-state index contributed by atoms with van der Waals surface area (Å²) in [6.45, 7) is 2.80. The largest absolute Gasteiger partial charge is 0.326 e. The lowest BCUT2D eigenvalue weighted by molar-refractivity contribution is 0.581. The molecule has 0 radical (unpaired) electrons. The molecule has 0 atom stereocenters. The zero-order chi connectivity index (χ0) is 11.3. The van der Waals surface area contributed by atoms with Crippen molar-refractivity contribution in [1.29, 1.82) is 0 Å². The molecule has 0 aliphatic rings. The van der Waals surface area contributed by atoms with E-state index in [-0.39, 0.29) is 4.90 Å². The highest BCUT2D eigenvalue weighted by Crippen LogP contribution is 2.09. The molecule has 3 N–H and O–H groups in total. The van der Waals surface area contributed by atoms with Crippen molar-refractivity contribution in [2.24, 2.45) is 5.73 Å². The van der Waals surface area contributed by atoms with Crippen molar-refractivity contribution in [3.05, 3.63) is 29.8 Å². The molecule has 4 nitrogen and oxygen atoms in total. The van der Waals surface area contributed by atoms with E-state index >= 15 is 0 Å². The third kappa shape index (κ3) is 3.30. The zero-order valence-electron chi connectivity index (χ0n) is 8.73. The van der Waals surface area contributed by atoms with Gasteiger partial charge in [0.15, 0.2) is 0 Å². The van der Waals surface area contributed by atoms with Crippen molar-refractivity contribution in [1.82, 2.24) is 4.72 Å². The van der Waals surface area contributed by atoms with Crippen LogP contribution >= 0.6 is 0 Å². The molecular formula is C10H16N2O2S. The Balaban J connectivity index is 2.86. The number of hydrogen-bond donors (Lipinski definition) is 2. The molecule has 0 aliphatic carbocycles. The highest BCUT2D eigenvalue weighted by Gasteiger charge is 2.11. The van der Waals surface area contributed by atoms with Crippen LogP contribution in [0.25, 0.3) is 0 Å². The summed E-state index contributed by atoms with van der Waals surface area (Å²) < 4.78 is 25.8. The van der Waals surface area contributed by atoms with Gasteiger partial charge in [0.25, 0.3) is 0 Å². The zero-order valence-corrected chi connectivity index (χ0v) is 9.55. The predicted octanol–water partition coefficient (Wildman–Crippen LogP) is 0.834. The number of hydrogen-bond acceptors (Lipinski definition) is 3.